The number of carbonyl (C=O) groups excluding carboxylic acids is 2. The maximum atomic E-state index is 12.2. The van der Waals surface area contributed by atoms with Crippen LogP contribution in [0.5, 0.6) is 0 Å². The topological polar surface area (TPSA) is 99.2 Å². The quantitative estimate of drug-likeness (QED) is 0.882. The normalized spacial score (nSPS) is 17.4. The first-order valence-corrected chi connectivity index (χ1v) is 7.02. The molecule has 2 heterocycles. The summed E-state index contributed by atoms with van der Waals surface area (Å²) in [5.74, 6) is -0.771. The minimum Gasteiger partial charge on any atom is -0.368 e. The van der Waals surface area contributed by atoms with E-state index >= 15 is 0 Å². The Bertz CT molecular complexity index is 704. The van der Waals surface area contributed by atoms with Crippen molar-refractivity contribution in [2.24, 2.45) is 5.73 Å². The number of nitrogens with two attached hydrogens (primary N) is 1. The number of nitrogens with zero attached hydrogens (tertiary/aromatic N) is 2. The van der Waals surface area contributed by atoms with Crippen molar-refractivity contribution >= 4 is 17.5 Å². The summed E-state index contributed by atoms with van der Waals surface area (Å²) >= 11 is 0. The van der Waals surface area contributed by atoms with E-state index in [-0.39, 0.29) is 11.6 Å². The van der Waals surface area contributed by atoms with E-state index in [4.69, 9.17) is 10.5 Å². The second-order valence-electron chi connectivity index (χ2n) is 5.02. The van der Waals surface area contributed by atoms with E-state index in [1.807, 2.05) is 12.1 Å². The van der Waals surface area contributed by atoms with Crippen molar-refractivity contribution < 1.29 is 14.3 Å². The number of carbonyl (C=O) groups is 2. The first kappa shape index (κ1) is 14.3. The molecule has 1 aromatic heterocycles. The predicted octanol–water partition coefficient (Wildman–Crippen LogP) is 1.09. The molecule has 114 valence electrons. The van der Waals surface area contributed by atoms with E-state index in [2.05, 4.69) is 10.4 Å². The Morgan fingerprint density at radius 1 is 1.32 bits per heavy atom. The summed E-state index contributed by atoms with van der Waals surface area (Å²) in [7, 11) is 0. The molecule has 0 saturated carbocycles. The molecular formula is C15H16N4O3. The highest BCUT2D eigenvalue weighted by Crippen LogP contribution is 2.21. The van der Waals surface area contributed by atoms with E-state index in [1.165, 1.54) is 10.7 Å². The van der Waals surface area contributed by atoms with E-state index in [0.29, 0.717) is 18.0 Å². The van der Waals surface area contributed by atoms with E-state index in [0.717, 1.165) is 12.8 Å². The molecule has 0 bridgehead atoms. The number of primary amides is 1. The van der Waals surface area contributed by atoms with Crippen molar-refractivity contribution in [2.75, 3.05) is 11.9 Å². The molecule has 1 unspecified atom stereocenters. The third-order valence-electron chi connectivity index (χ3n) is 3.47. The van der Waals surface area contributed by atoms with Gasteiger partial charge in [-0.05, 0) is 31.0 Å². The van der Waals surface area contributed by atoms with Gasteiger partial charge in [-0.15, -0.1) is 0 Å². The standard InChI is InChI=1S/C15H16N4O3/c16-14(20)11-7-8-19(18-11)12-5-2-1-4-10(12)17-15(21)13-6-3-9-22-13/h1-2,4-5,7-8,13H,3,6,9H2,(H2,16,20)(H,17,21). The van der Waals surface area contributed by atoms with Gasteiger partial charge in [0.15, 0.2) is 0 Å². The Labute approximate surface area is 127 Å². The number of benzene rings is 1. The van der Waals surface area contributed by atoms with Gasteiger partial charge >= 0.3 is 0 Å². The van der Waals surface area contributed by atoms with Gasteiger partial charge in [0, 0.05) is 12.8 Å². The van der Waals surface area contributed by atoms with Gasteiger partial charge in [0.1, 0.15) is 11.8 Å². The average Bonchev–Trinajstić information content (AvgIpc) is 3.19. The second-order valence-corrected chi connectivity index (χ2v) is 5.02. The van der Waals surface area contributed by atoms with Crippen LogP contribution in [0.15, 0.2) is 36.5 Å². The number of hydrogen-bond acceptors (Lipinski definition) is 4. The molecule has 1 aliphatic rings. The van der Waals surface area contributed by atoms with Crippen LogP contribution >= 0.6 is 0 Å². The summed E-state index contributed by atoms with van der Waals surface area (Å²) in [5.41, 5.74) is 6.63. The second kappa shape index (κ2) is 5.98. The Balaban J connectivity index is 1.85. The van der Waals surface area contributed by atoms with Crippen LogP contribution in [0.1, 0.15) is 23.3 Å². The summed E-state index contributed by atoms with van der Waals surface area (Å²) in [6, 6.07) is 8.73. The Kier molecular flexibility index (Phi) is 3.88. The van der Waals surface area contributed by atoms with Crippen LogP contribution in [0.4, 0.5) is 5.69 Å². The molecule has 22 heavy (non-hydrogen) atoms. The molecule has 1 atom stereocenters. The summed E-state index contributed by atoms with van der Waals surface area (Å²) in [5, 5.41) is 6.95. The van der Waals surface area contributed by atoms with Crippen molar-refractivity contribution in [3.8, 4) is 5.69 Å². The zero-order valence-corrected chi connectivity index (χ0v) is 11.9. The van der Waals surface area contributed by atoms with Gasteiger partial charge in [-0.25, -0.2) is 4.68 Å². The summed E-state index contributed by atoms with van der Waals surface area (Å²) in [6.07, 6.45) is 2.83. The molecular weight excluding hydrogens is 284 g/mol. The number of ether oxygens (including phenoxy) is 1. The van der Waals surface area contributed by atoms with Gasteiger partial charge in [0.2, 0.25) is 0 Å². The van der Waals surface area contributed by atoms with E-state index < -0.39 is 12.0 Å². The van der Waals surface area contributed by atoms with Crippen LogP contribution in [0.25, 0.3) is 5.69 Å². The predicted molar refractivity (Wildman–Crippen MR) is 79.7 cm³/mol. The van der Waals surface area contributed by atoms with Crippen molar-refractivity contribution in [3.63, 3.8) is 0 Å². The lowest BCUT2D eigenvalue weighted by Gasteiger charge is -2.13. The van der Waals surface area contributed by atoms with Gasteiger partial charge in [0.25, 0.3) is 11.8 Å². The summed E-state index contributed by atoms with van der Waals surface area (Å²) in [6.45, 7) is 0.612. The van der Waals surface area contributed by atoms with Crippen molar-refractivity contribution in [2.45, 2.75) is 18.9 Å². The zero-order valence-electron chi connectivity index (χ0n) is 11.9. The molecule has 7 nitrogen and oxygen atoms in total. The number of anilines is 1. The molecule has 7 heteroatoms. The summed E-state index contributed by atoms with van der Waals surface area (Å²) in [4.78, 5) is 23.3. The molecule has 1 saturated heterocycles. The van der Waals surface area contributed by atoms with Gasteiger partial charge in [0.05, 0.1) is 11.4 Å². The lowest BCUT2D eigenvalue weighted by atomic mass is 10.2. The highest BCUT2D eigenvalue weighted by atomic mass is 16.5. The molecule has 2 aromatic rings. The lowest BCUT2D eigenvalue weighted by molar-refractivity contribution is -0.124. The highest BCUT2D eigenvalue weighted by Gasteiger charge is 2.24. The van der Waals surface area contributed by atoms with Crippen molar-refractivity contribution in [3.05, 3.63) is 42.2 Å². The SMILES string of the molecule is NC(=O)c1ccn(-c2ccccc2NC(=O)C2CCCO2)n1. The molecule has 2 amide bonds. The fraction of sp³-hybridized carbons (Fsp3) is 0.267. The van der Waals surface area contributed by atoms with Crippen LogP contribution < -0.4 is 11.1 Å². The van der Waals surface area contributed by atoms with E-state index in [9.17, 15) is 9.59 Å². The number of para-hydroxylation sites is 2. The largest absolute Gasteiger partial charge is 0.368 e. The van der Waals surface area contributed by atoms with Crippen molar-refractivity contribution in [1.29, 1.82) is 0 Å². The van der Waals surface area contributed by atoms with Crippen molar-refractivity contribution in [1.82, 2.24) is 9.78 Å². The third-order valence-corrected chi connectivity index (χ3v) is 3.47. The minimum absolute atomic E-state index is 0.167. The number of hydrogen-bond donors (Lipinski definition) is 2. The van der Waals surface area contributed by atoms with Gasteiger partial charge in [-0.3, -0.25) is 9.59 Å². The average molecular weight is 300 g/mol. The monoisotopic (exact) mass is 300 g/mol. The van der Waals surface area contributed by atoms with E-state index in [1.54, 1.807) is 18.3 Å². The number of nitrogens with one attached hydrogen (secondary N) is 1. The number of rotatable bonds is 4. The van der Waals surface area contributed by atoms with Crippen LogP contribution in [0, 0.1) is 0 Å². The molecule has 1 aliphatic heterocycles. The summed E-state index contributed by atoms with van der Waals surface area (Å²) < 4.78 is 6.88. The molecule has 1 aromatic carbocycles. The van der Waals surface area contributed by atoms with Gasteiger partial charge in [-0.2, -0.15) is 5.10 Å². The maximum absolute atomic E-state index is 12.2. The van der Waals surface area contributed by atoms with Crippen LogP contribution in [-0.2, 0) is 9.53 Å². The third kappa shape index (κ3) is 2.84. The first-order valence-electron chi connectivity index (χ1n) is 7.02. The number of amides is 2. The maximum Gasteiger partial charge on any atom is 0.269 e. The molecule has 0 aliphatic carbocycles. The van der Waals surface area contributed by atoms with Gasteiger partial charge < -0.3 is 15.8 Å². The fourth-order valence-electron chi connectivity index (χ4n) is 2.37. The van der Waals surface area contributed by atoms with Crippen LogP contribution in [-0.4, -0.2) is 34.3 Å². The number of aromatic nitrogens is 2. The zero-order chi connectivity index (χ0) is 15.5. The smallest absolute Gasteiger partial charge is 0.269 e. The fourth-order valence-corrected chi connectivity index (χ4v) is 2.37. The molecule has 3 rings (SSSR count). The lowest BCUT2D eigenvalue weighted by Crippen LogP contribution is -2.27. The Morgan fingerprint density at radius 3 is 2.82 bits per heavy atom. The molecule has 0 radical (unpaired) electrons. The minimum atomic E-state index is -0.598. The van der Waals surface area contributed by atoms with Crippen LogP contribution in [0.3, 0.4) is 0 Å². The molecule has 3 N–H and O–H groups in total. The Hall–Kier alpha value is -2.67. The van der Waals surface area contributed by atoms with Gasteiger partial charge in [-0.1, -0.05) is 12.1 Å². The highest BCUT2D eigenvalue weighted by molar-refractivity contribution is 5.96. The van der Waals surface area contributed by atoms with Crippen LogP contribution in [0.2, 0.25) is 0 Å². The molecule has 1 fully saturated rings. The first-order chi connectivity index (χ1) is 10.6. The molecule has 0 spiro atoms. The Morgan fingerprint density at radius 2 is 2.14 bits per heavy atom.